The van der Waals surface area contributed by atoms with E-state index in [9.17, 15) is 14.0 Å². The molecule has 4 aromatic rings. The second-order valence-corrected chi connectivity index (χ2v) is 6.93. The van der Waals surface area contributed by atoms with Crippen LogP contribution in [0, 0.1) is 19.7 Å². The van der Waals surface area contributed by atoms with E-state index in [1.807, 2.05) is 12.1 Å². The number of hydrazine groups is 1. The number of fused-ring (bicyclic) bond motifs is 1. The van der Waals surface area contributed by atoms with Crippen LogP contribution < -0.4 is 10.9 Å². The van der Waals surface area contributed by atoms with E-state index in [2.05, 4.69) is 16.0 Å². The summed E-state index contributed by atoms with van der Waals surface area (Å²) in [6, 6.07) is 11.3. The van der Waals surface area contributed by atoms with E-state index in [4.69, 9.17) is 20.5 Å². The molecule has 0 unspecified atom stereocenters. The van der Waals surface area contributed by atoms with Gasteiger partial charge in [-0.1, -0.05) is 41.0 Å². The fourth-order valence-electron chi connectivity index (χ4n) is 3.16. The average Bonchev–Trinajstić information content (AvgIpc) is 3.26. The summed E-state index contributed by atoms with van der Waals surface area (Å²) >= 11 is 6.08. The first-order valence-corrected chi connectivity index (χ1v) is 9.25. The number of para-hydroxylation sites is 1. The lowest BCUT2D eigenvalue weighted by Gasteiger charge is -2.08. The van der Waals surface area contributed by atoms with Crippen molar-refractivity contribution < 1.29 is 22.9 Å². The normalized spacial score (nSPS) is 10.9. The Morgan fingerprint density at radius 3 is 2.50 bits per heavy atom. The average molecular weight is 428 g/mol. The topological polar surface area (TPSA) is 97.4 Å². The van der Waals surface area contributed by atoms with Gasteiger partial charge in [0.2, 0.25) is 0 Å². The van der Waals surface area contributed by atoms with Crippen LogP contribution in [-0.4, -0.2) is 17.0 Å². The predicted molar refractivity (Wildman–Crippen MR) is 108 cm³/mol. The van der Waals surface area contributed by atoms with Crippen LogP contribution in [0.4, 0.5) is 4.39 Å². The lowest BCUT2D eigenvalue weighted by molar-refractivity contribution is 0.0831. The van der Waals surface area contributed by atoms with E-state index in [0.29, 0.717) is 11.1 Å². The van der Waals surface area contributed by atoms with Gasteiger partial charge in [-0.3, -0.25) is 20.4 Å². The summed E-state index contributed by atoms with van der Waals surface area (Å²) in [5.41, 5.74) is 5.58. The number of benzene rings is 2. The summed E-state index contributed by atoms with van der Waals surface area (Å²) in [5.74, 6) is -1.85. The van der Waals surface area contributed by atoms with Crippen LogP contribution in [-0.2, 0) is 0 Å². The molecular formula is C21H15ClFN3O4. The van der Waals surface area contributed by atoms with Crippen molar-refractivity contribution in [2.75, 3.05) is 0 Å². The molecule has 0 aliphatic heterocycles. The molecule has 0 aliphatic carbocycles. The van der Waals surface area contributed by atoms with Crippen molar-refractivity contribution >= 4 is 34.4 Å². The standard InChI is InChI=1S/C21H15ClFN3O4/c1-10-12-6-3-4-9-15(12)29-19(10)21(28)25-24-20(27)16-11(2)30-26-18(16)17-13(22)7-5-8-14(17)23/h3-9H,1-2H3,(H,24,27)(H,25,28). The monoisotopic (exact) mass is 427 g/mol. The molecule has 30 heavy (non-hydrogen) atoms. The van der Waals surface area contributed by atoms with Crippen molar-refractivity contribution in [3.8, 4) is 11.3 Å². The van der Waals surface area contributed by atoms with Gasteiger partial charge in [-0.05, 0) is 32.0 Å². The summed E-state index contributed by atoms with van der Waals surface area (Å²) in [6.45, 7) is 3.23. The van der Waals surface area contributed by atoms with Gasteiger partial charge in [-0.15, -0.1) is 0 Å². The Bertz CT molecular complexity index is 1270. The third kappa shape index (κ3) is 3.31. The largest absolute Gasteiger partial charge is 0.451 e. The number of nitrogens with one attached hydrogen (secondary N) is 2. The van der Waals surface area contributed by atoms with E-state index < -0.39 is 17.6 Å². The van der Waals surface area contributed by atoms with Crippen LogP contribution in [0.15, 0.2) is 51.4 Å². The molecule has 2 aromatic heterocycles. The van der Waals surface area contributed by atoms with Gasteiger partial charge in [0.15, 0.2) is 5.76 Å². The molecular weight excluding hydrogens is 413 g/mol. The summed E-state index contributed by atoms with van der Waals surface area (Å²) in [5, 5.41) is 4.63. The van der Waals surface area contributed by atoms with Gasteiger partial charge in [-0.2, -0.15) is 0 Å². The van der Waals surface area contributed by atoms with E-state index in [-0.39, 0.29) is 33.4 Å². The molecule has 2 N–H and O–H groups in total. The summed E-state index contributed by atoms with van der Waals surface area (Å²) in [6.07, 6.45) is 0. The van der Waals surface area contributed by atoms with E-state index in [0.717, 1.165) is 5.39 Å². The van der Waals surface area contributed by atoms with Gasteiger partial charge in [0.1, 0.15) is 28.4 Å². The lowest BCUT2D eigenvalue weighted by Crippen LogP contribution is -2.42. The Balaban J connectivity index is 1.59. The van der Waals surface area contributed by atoms with Crippen LogP contribution in [0.3, 0.4) is 0 Å². The van der Waals surface area contributed by atoms with Crippen LogP contribution in [0.1, 0.15) is 32.2 Å². The van der Waals surface area contributed by atoms with E-state index >= 15 is 0 Å². The Hall–Kier alpha value is -3.65. The number of hydrogen-bond donors (Lipinski definition) is 2. The fourth-order valence-corrected chi connectivity index (χ4v) is 3.41. The zero-order chi connectivity index (χ0) is 21.4. The van der Waals surface area contributed by atoms with Gasteiger partial charge in [0, 0.05) is 10.9 Å². The minimum atomic E-state index is -0.745. The van der Waals surface area contributed by atoms with Crippen molar-refractivity contribution in [2.45, 2.75) is 13.8 Å². The molecule has 4 rings (SSSR count). The van der Waals surface area contributed by atoms with Crippen LogP contribution in [0.2, 0.25) is 5.02 Å². The number of aryl methyl sites for hydroxylation is 2. The highest BCUT2D eigenvalue weighted by Crippen LogP contribution is 2.33. The lowest BCUT2D eigenvalue weighted by atomic mass is 10.1. The van der Waals surface area contributed by atoms with Crippen molar-refractivity contribution in [3.63, 3.8) is 0 Å². The molecule has 2 heterocycles. The molecule has 7 nitrogen and oxygen atoms in total. The molecule has 152 valence electrons. The van der Waals surface area contributed by atoms with Crippen molar-refractivity contribution in [3.05, 3.63) is 76.0 Å². The van der Waals surface area contributed by atoms with Gasteiger partial charge < -0.3 is 8.94 Å². The molecule has 2 aromatic carbocycles. The number of hydrogen-bond acceptors (Lipinski definition) is 5. The number of halogens is 2. The molecule has 0 atom stereocenters. The fraction of sp³-hybridized carbons (Fsp3) is 0.0952. The summed E-state index contributed by atoms with van der Waals surface area (Å²) < 4.78 is 24.9. The summed E-state index contributed by atoms with van der Waals surface area (Å²) in [7, 11) is 0. The highest BCUT2D eigenvalue weighted by atomic mass is 35.5. The van der Waals surface area contributed by atoms with E-state index in [1.165, 1.54) is 25.1 Å². The molecule has 0 saturated heterocycles. The van der Waals surface area contributed by atoms with Gasteiger partial charge in [0.05, 0.1) is 10.6 Å². The van der Waals surface area contributed by atoms with Crippen molar-refractivity contribution in [1.82, 2.24) is 16.0 Å². The first-order chi connectivity index (χ1) is 14.4. The van der Waals surface area contributed by atoms with Crippen molar-refractivity contribution in [2.24, 2.45) is 0 Å². The van der Waals surface area contributed by atoms with Crippen molar-refractivity contribution in [1.29, 1.82) is 0 Å². The van der Waals surface area contributed by atoms with Crippen LogP contribution >= 0.6 is 11.6 Å². The first kappa shape index (κ1) is 19.7. The Kier molecular flexibility index (Phi) is 5.01. The third-order valence-corrected chi connectivity index (χ3v) is 4.94. The Morgan fingerprint density at radius 2 is 1.77 bits per heavy atom. The Morgan fingerprint density at radius 1 is 1.03 bits per heavy atom. The highest BCUT2D eigenvalue weighted by Gasteiger charge is 2.26. The molecule has 0 fully saturated rings. The molecule has 9 heteroatoms. The molecule has 0 radical (unpaired) electrons. The molecule has 0 spiro atoms. The van der Waals surface area contributed by atoms with Crippen LogP contribution in [0.25, 0.3) is 22.2 Å². The number of furan rings is 1. The number of nitrogens with zero attached hydrogens (tertiary/aromatic N) is 1. The van der Waals surface area contributed by atoms with Crippen LogP contribution in [0.5, 0.6) is 0 Å². The minimum absolute atomic E-state index is 0.0522. The number of rotatable bonds is 3. The molecule has 0 saturated carbocycles. The number of carbonyl (C=O) groups is 2. The molecule has 0 bridgehead atoms. The maximum atomic E-state index is 14.3. The molecule has 0 aliphatic rings. The smallest absolute Gasteiger partial charge is 0.305 e. The second-order valence-electron chi connectivity index (χ2n) is 6.52. The zero-order valence-electron chi connectivity index (χ0n) is 15.9. The van der Waals surface area contributed by atoms with E-state index in [1.54, 1.807) is 19.1 Å². The summed E-state index contributed by atoms with van der Waals surface area (Å²) in [4.78, 5) is 25.2. The quantitative estimate of drug-likeness (QED) is 0.467. The first-order valence-electron chi connectivity index (χ1n) is 8.88. The maximum absolute atomic E-state index is 14.3. The second kappa shape index (κ2) is 7.64. The number of amides is 2. The van der Waals surface area contributed by atoms with Gasteiger partial charge in [-0.25, -0.2) is 4.39 Å². The highest BCUT2D eigenvalue weighted by molar-refractivity contribution is 6.33. The predicted octanol–water partition coefficient (Wildman–Crippen LogP) is 4.57. The third-order valence-electron chi connectivity index (χ3n) is 4.63. The van der Waals surface area contributed by atoms with Gasteiger partial charge in [0.25, 0.3) is 5.91 Å². The molecule has 2 amide bonds. The minimum Gasteiger partial charge on any atom is -0.451 e. The Labute approximate surface area is 174 Å². The number of carbonyl (C=O) groups excluding carboxylic acids is 2. The maximum Gasteiger partial charge on any atom is 0.305 e. The zero-order valence-corrected chi connectivity index (χ0v) is 16.6. The van der Waals surface area contributed by atoms with Gasteiger partial charge >= 0.3 is 5.91 Å². The SMILES string of the molecule is Cc1onc(-c2c(F)cccc2Cl)c1C(=O)NNC(=O)c1oc2ccccc2c1C. The number of aromatic nitrogens is 1.